The van der Waals surface area contributed by atoms with Gasteiger partial charge in [0.15, 0.2) is 5.11 Å². The molecule has 1 aliphatic rings. The maximum Gasteiger partial charge on any atom is 0.275 e. The molecule has 2 aromatic carbocycles. The van der Waals surface area contributed by atoms with Crippen LogP contribution < -0.4 is 26.0 Å². The SMILES string of the molecule is COc1ccc(C(N)=O)cc1NC(=O)c1csc(C2CCN(C(=S)Nc3ccc(N(C)C)cc3)CC2)n1. The van der Waals surface area contributed by atoms with Gasteiger partial charge in [0.1, 0.15) is 11.4 Å². The summed E-state index contributed by atoms with van der Waals surface area (Å²) in [5.74, 6) is -0.264. The zero-order valence-electron chi connectivity index (χ0n) is 21.0. The van der Waals surface area contributed by atoms with Crippen LogP contribution in [0.15, 0.2) is 47.8 Å². The molecule has 1 fully saturated rings. The molecule has 37 heavy (non-hydrogen) atoms. The third-order valence-electron chi connectivity index (χ3n) is 6.25. The molecule has 1 aliphatic heterocycles. The number of nitrogens with two attached hydrogens (primary N) is 1. The molecule has 1 saturated heterocycles. The van der Waals surface area contributed by atoms with Gasteiger partial charge in [-0.15, -0.1) is 11.3 Å². The molecular formula is C26H30N6O3S2. The van der Waals surface area contributed by atoms with E-state index in [4.69, 9.17) is 22.7 Å². The number of carbonyl (C=O) groups excluding carboxylic acids is 2. The average Bonchev–Trinajstić information content (AvgIpc) is 3.39. The lowest BCUT2D eigenvalue weighted by Gasteiger charge is -2.33. The second kappa shape index (κ2) is 11.6. The second-order valence-corrected chi connectivity index (χ2v) is 10.2. The molecule has 0 bridgehead atoms. The van der Waals surface area contributed by atoms with Crippen LogP contribution in [0.2, 0.25) is 0 Å². The van der Waals surface area contributed by atoms with E-state index in [0.717, 1.165) is 42.3 Å². The maximum atomic E-state index is 12.9. The normalized spacial score (nSPS) is 13.6. The smallest absolute Gasteiger partial charge is 0.275 e. The van der Waals surface area contributed by atoms with E-state index in [-0.39, 0.29) is 17.4 Å². The maximum absolute atomic E-state index is 12.9. The Morgan fingerprint density at radius 3 is 2.46 bits per heavy atom. The lowest BCUT2D eigenvalue weighted by molar-refractivity contribution is 0.0995. The van der Waals surface area contributed by atoms with Gasteiger partial charge >= 0.3 is 0 Å². The number of nitrogens with zero attached hydrogens (tertiary/aromatic N) is 3. The fourth-order valence-corrected chi connectivity index (χ4v) is 5.37. The number of methoxy groups -OCH3 is 1. The number of amides is 2. The van der Waals surface area contributed by atoms with Crippen LogP contribution in [0.1, 0.15) is 44.6 Å². The van der Waals surface area contributed by atoms with Crippen LogP contribution in [0.25, 0.3) is 0 Å². The van der Waals surface area contributed by atoms with Gasteiger partial charge in [0.05, 0.1) is 17.8 Å². The first-order chi connectivity index (χ1) is 17.7. The van der Waals surface area contributed by atoms with Crippen molar-refractivity contribution in [1.82, 2.24) is 9.88 Å². The van der Waals surface area contributed by atoms with Crippen LogP contribution in [0.4, 0.5) is 17.1 Å². The Labute approximate surface area is 225 Å². The Hall–Kier alpha value is -3.70. The Kier molecular flexibility index (Phi) is 8.24. The lowest BCUT2D eigenvalue weighted by atomic mass is 9.98. The fraction of sp³-hybridized carbons (Fsp3) is 0.308. The first kappa shape index (κ1) is 26.4. The highest BCUT2D eigenvalue weighted by molar-refractivity contribution is 7.80. The molecule has 194 valence electrons. The molecular weight excluding hydrogens is 508 g/mol. The highest BCUT2D eigenvalue weighted by atomic mass is 32.1. The molecule has 9 nitrogen and oxygen atoms in total. The van der Waals surface area contributed by atoms with E-state index in [9.17, 15) is 9.59 Å². The van der Waals surface area contributed by atoms with Crippen molar-refractivity contribution in [3.63, 3.8) is 0 Å². The van der Waals surface area contributed by atoms with Crippen LogP contribution in [-0.2, 0) is 0 Å². The Morgan fingerprint density at radius 2 is 1.84 bits per heavy atom. The highest BCUT2D eigenvalue weighted by Crippen LogP contribution is 2.31. The summed E-state index contributed by atoms with van der Waals surface area (Å²) in [5, 5.41) is 9.51. The van der Waals surface area contributed by atoms with Gasteiger partial charge in [-0.25, -0.2) is 4.98 Å². The zero-order valence-corrected chi connectivity index (χ0v) is 22.6. The third kappa shape index (κ3) is 6.36. The molecule has 4 rings (SSSR count). The van der Waals surface area contributed by atoms with Crippen LogP contribution in [0.5, 0.6) is 5.75 Å². The summed E-state index contributed by atoms with van der Waals surface area (Å²) in [6, 6.07) is 12.8. The van der Waals surface area contributed by atoms with Gasteiger partial charge < -0.3 is 30.9 Å². The van der Waals surface area contributed by atoms with E-state index in [1.165, 1.54) is 24.5 Å². The number of benzene rings is 2. The Balaban J connectivity index is 1.33. The summed E-state index contributed by atoms with van der Waals surface area (Å²) in [7, 11) is 5.51. The summed E-state index contributed by atoms with van der Waals surface area (Å²) in [5.41, 5.74) is 8.43. The minimum Gasteiger partial charge on any atom is -0.495 e. The molecule has 11 heteroatoms. The molecule has 0 atom stereocenters. The van der Waals surface area contributed by atoms with Gasteiger partial charge in [-0.3, -0.25) is 9.59 Å². The van der Waals surface area contributed by atoms with Crippen molar-refractivity contribution in [2.75, 3.05) is 49.8 Å². The standard InChI is InChI=1S/C26H30N6O3S2/c1-31(2)19-7-5-18(6-8-19)28-26(36)32-12-10-16(11-13-32)25-30-21(15-37-25)24(34)29-20-14-17(23(27)33)4-9-22(20)35-3/h4-9,14-16H,10-13H2,1-3H3,(H2,27,33)(H,28,36)(H,29,34). The predicted molar refractivity (Wildman–Crippen MR) is 152 cm³/mol. The molecule has 2 amide bonds. The van der Waals surface area contributed by atoms with Crippen LogP contribution in [0.3, 0.4) is 0 Å². The number of hydrogen-bond donors (Lipinski definition) is 3. The lowest BCUT2D eigenvalue weighted by Crippen LogP contribution is -2.40. The van der Waals surface area contributed by atoms with Gasteiger partial charge in [0, 0.05) is 55.4 Å². The number of hydrogen-bond acceptors (Lipinski definition) is 7. The number of piperidine rings is 1. The molecule has 4 N–H and O–H groups in total. The number of primary amides is 1. The van der Waals surface area contributed by atoms with E-state index >= 15 is 0 Å². The number of anilines is 3. The number of nitrogens with one attached hydrogen (secondary N) is 2. The third-order valence-corrected chi connectivity index (χ3v) is 7.62. The van der Waals surface area contributed by atoms with Gasteiger partial charge in [-0.1, -0.05) is 0 Å². The average molecular weight is 539 g/mol. The number of rotatable bonds is 7. The van der Waals surface area contributed by atoms with Gasteiger partial charge in [-0.05, 0) is 67.5 Å². The number of aromatic nitrogens is 1. The highest BCUT2D eigenvalue weighted by Gasteiger charge is 2.25. The topological polar surface area (TPSA) is 113 Å². The Bertz CT molecular complexity index is 1280. The van der Waals surface area contributed by atoms with Gasteiger partial charge in [0.25, 0.3) is 5.91 Å². The number of ether oxygens (including phenoxy) is 1. The number of carbonyl (C=O) groups is 2. The van der Waals surface area contributed by atoms with Crippen molar-refractivity contribution < 1.29 is 14.3 Å². The second-order valence-electron chi connectivity index (χ2n) is 8.94. The van der Waals surface area contributed by atoms with Crippen LogP contribution >= 0.6 is 23.6 Å². The first-order valence-corrected chi connectivity index (χ1v) is 13.1. The van der Waals surface area contributed by atoms with Crippen molar-refractivity contribution in [2.24, 2.45) is 5.73 Å². The molecule has 0 unspecified atom stereocenters. The van der Waals surface area contributed by atoms with Crippen LogP contribution in [0, 0.1) is 0 Å². The summed E-state index contributed by atoms with van der Waals surface area (Å²) in [4.78, 5) is 33.2. The molecule has 0 spiro atoms. The predicted octanol–water partition coefficient (Wildman–Crippen LogP) is 4.15. The van der Waals surface area contributed by atoms with Gasteiger partial charge in [-0.2, -0.15) is 0 Å². The molecule has 2 heterocycles. The summed E-state index contributed by atoms with van der Waals surface area (Å²) in [6.07, 6.45) is 1.79. The quantitative estimate of drug-likeness (QED) is 0.385. The van der Waals surface area contributed by atoms with E-state index in [2.05, 4.69) is 37.6 Å². The van der Waals surface area contributed by atoms with E-state index in [1.54, 1.807) is 17.5 Å². The van der Waals surface area contributed by atoms with Crippen molar-refractivity contribution >= 4 is 57.5 Å². The Morgan fingerprint density at radius 1 is 1.14 bits per heavy atom. The van der Waals surface area contributed by atoms with Crippen molar-refractivity contribution in [1.29, 1.82) is 0 Å². The summed E-state index contributed by atoms with van der Waals surface area (Å²) >= 11 is 7.12. The largest absolute Gasteiger partial charge is 0.495 e. The first-order valence-electron chi connectivity index (χ1n) is 11.8. The minimum atomic E-state index is -0.586. The molecule has 1 aromatic heterocycles. The summed E-state index contributed by atoms with van der Waals surface area (Å²) in [6.45, 7) is 1.62. The fourth-order valence-electron chi connectivity index (χ4n) is 4.10. The van der Waals surface area contributed by atoms with Gasteiger partial charge in [0.2, 0.25) is 5.91 Å². The molecule has 0 radical (unpaired) electrons. The molecule has 0 aliphatic carbocycles. The minimum absolute atomic E-state index is 0.262. The summed E-state index contributed by atoms with van der Waals surface area (Å²) < 4.78 is 5.29. The number of thiocarbonyl (C=S) groups is 1. The molecule has 0 saturated carbocycles. The van der Waals surface area contributed by atoms with Crippen molar-refractivity contribution in [2.45, 2.75) is 18.8 Å². The monoisotopic (exact) mass is 538 g/mol. The van der Waals surface area contributed by atoms with Crippen LogP contribution in [-0.4, -0.2) is 61.1 Å². The number of thiazole rings is 1. The van der Waals surface area contributed by atoms with Crippen molar-refractivity contribution in [3.05, 3.63) is 64.1 Å². The van der Waals surface area contributed by atoms with E-state index in [1.807, 2.05) is 26.2 Å². The molecule has 3 aromatic rings. The van der Waals surface area contributed by atoms with E-state index in [0.29, 0.717) is 22.2 Å². The zero-order chi connectivity index (χ0) is 26.5. The van der Waals surface area contributed by atoms with Crippen molar-refractivity contribution in [3.8, 4) is 5.75 Å². The van der Waals surface area contributed by atoms with E-state index < -0.39 is 5.91 Å². The number of likely N-dealkylation sites (tertiary alicyclic amines) is 1.